The molecule has 4 atom stereocenters. The zero-order chi connectivity index (χ0) is 27.0. The third kappa shape index (κ3) is 4.11. The van der Waals surface area contributed by atoms with Crippen LogP contribution in [0.25, 0.3) is 0 Å². The lowest BCUT2D eigenvalue weighted by molar-refractivity contribution is -0.134. The number of pyridine rings is 1. The normalized spacial score (nSPS) is 27.5. The van der Waals surface area contributed by atoms with Gasteiger partial charge in [0.1, 0.15) is 22.0 Å². The predicted molar refractivity (Wildman–Crippen MR) is 136 cm³/mol. The molecule has 2 saturated carbocycles. The van der Waals surface area contributed by atoms with Crippen LogP contribution < -0.4 is 10.0 Å². The van der Waals surface area contributed by atoms with Gasteiger partial charge in [0.2, 0.25) is 10.0 Å². The van der Waals surface area contributed by atoms with Crippen LogP contribution in [-0.4, -0.2) is 55.9 Å². The van der Waals surface area contributed by atoms with Crippen molar-refractivity contribution in [1.29, 1.82) is 0 Å². The number of anilines is 2. The number of nitrogens with zero attached hydrogens (tertiary/aromatic N) is 3. The van der Waals surface area contributed by atoms with E-state index in [0.717, 1.165) is 37.8 Å². The molecule has 2 aromatic rings. The highest BCUT2D eigenvalue weighted by atomic mass is 32.2. The van der Waals surface area contributed by atoms with E-state index in [1.165, 1.54) is 12.1 Å². The molecule has 1 amide bonds. The van der Waals surface area contributed by atoms with E-state index in [4.69, 9.17) is 0 Å². The van der Waals surface area contributed by atoms with Gasteiger partial charge in [0, 0.05) is 18.5 Å². The molecule has 2 fully saturated rings. The molecule has 3 heterocycles. The van der Waals surface area contributed by atoms with E-state index in [1.54, 1.807) is 17.0 Å². The van der Waals surface area contributed by atoms with Crippen LogP contribution >= 0.6 is 0 Å². The van der Waals surface area contributed by atoms with E-state index < -0.39 is 31.8 Å². The molecule has 200 valence electrons. The van der Waals surface area contributed by atoms with Crippen molar-refractivity contribution in [2.75, 3.05) is 16.3 Å². The number of hydrogen-bond donors (Lipinski definition) is 3. The number of rotatable bonds is 5. The first-order valence-corrected chi connectivity index (χ1v) is 15.3. The number of amides is 1. The van der Waals surface area contributed by atoms with Gasteiger partial charge in [-0.1, -0.05) is 12.1 Å². The van der Waals surface area contributed by atoms with Crippen molar-refractivity contribution in [3.63, 3.8) is 0 Å². The van der Waals surface area contributed by atoms with Crippen molar-refractivity contribution in [3.05, 3.63) is 59.2 Å². The van der Waals surface area contributed by atoms with E-state index in [2.05, 4.69) is 19.4 Å². The molecule has 0 radical (unpaired) electrons. The van der Waals surface area contributed by atoms with Gasteiger partial charge in [0.05, 0.1) is 18.1 Å². The average Bonchev–Trinajstić information content (AvgIpc) is 3.45. The molecule has 0 spiro atoms. The molecule has 14 heteroatoms. The number of carbonyl (C=O) groups excluding carboxylic acids is 1. The SMILES string of the molecule is CS(=O)(=O)Nc1cnc2c(c1)S(=O)(=O)N=C(C1=C(O)[C@@H]3[C@H]4CC[C@@H](C4)[C@@H]3N(Cc3ccc(F)cc3)C1=O)N2. The molecule has 1 aromatic carbocycles. The van der Waals surface area contributed by atoms with Crippen LogP contribution in [0.5, 0.6) is 0 Å². The standard InChI is InChI=1S/C24H24FN5O6S2/c1-37(33,34)28-16-9-17-22(26-10-16)27-23(29-38(17,35)36)19-21(31)18-13-4-5-14(8-13)20(18)30(24(19)32)11-12-2-6-15(25)7-3-12/h2-3,6-7,9-10,13-14,18,20,28,31H,4-5,8,11H2,1H3,(H,26,27,29)/t13-,14-,18+,20-/m0/s1. The van der Waals surface area contributed by atoms with Gasteiger partial charge >= 0.3 is 0 Å². The maximum absolute atomic E-state index is 13.9. The summed E-state index contributed by atoms with van der Waals surface area (Å²) in [6, 6.07) is 6.62. The Morgan fingerprint density at radius 2 is 1.92 bits per heavy atom. The monoisotopic (exact) mass is 561 g/mol. The Hall–Kier alpha value is -3.52. The van der Waals surface area contributed by atoms with Crippen molar-refractivity contribution >= 4 is 43.3 Å². The second kappa shape index (κ2) is 8.50. The van der Waals surface area contributed by atoms with Gasteiger partial charge in [-0.2, -0.15) is 8.42 Å². The highest BCUT2D eigenvalue weighted by molar-refractivity contribution is 7.92. The highest BCUT2D eigenvalue weighted by Crippen LogP contribution is 2.55. The van der Waals surface area contributed by atoms with E-state index >= 15 is 0 Å². The molecule has 38 heavy (non-hydrogen) atoms. The minimum absolute atomic E-state index is 0.0682. The lowest BCUT2D eigenvalue weighted by Crippen LogP contribution is -2.53. The minimum Gasteiger partial charge on any atom is -0.511 e. The molecular weight excluding hydrogens is 537 g/mol. The van der Waals surface area contributed by atoms with Gasteiger partial charge in [-0.25, -0.2) is 17.8 Å². The van der Waals surface area contributed by atoms with Crippen LogP contribution in [0.2, 0.25) is 0 Å². The molecule has 4 aliphatic rings. The number of carbonyl (C=O) groups is 1. The zero-order valence-electron chi connectivity index (χ0n) is 20.1. The summed E-state index contributed by atoms with van der Waals surface area (Å²) in [5.74, 6) is -1.70. The van der Waals surface area contributed by atoms with E-state index in [-0.39, 0.29) is 63.9 Å². The van der Waals surface area contributed by atoms with Gasteiger partial charge in [0.15, 0.2) is 11.7 Å². The van der Waals surface area contributed by atoms with E-state index in [9.17, 15) is 31.1 Å². The minimum atomic E-state index is -4.41. The Bertz CT molecular complexity index is 1640. The Kier molecular flexibility index (Phi) is 5.54. The molecule has 6 rings (SSSR count). The summed E-state index contributed by atoms with van der Waals surface area (Å²) in [6.07, 6.45) is 4.71. The van der Waals surface area contributed by atoms with Crippen molar-refractivity contribution in [1.82, 2.24) is 9.88 Å². The molecule has 2 bridgehead atoms. The number of sulfonamides is 2. The van der Waals surface area contributed by atoms with E-state index in [1.807, 2.05) is 0 Å². The molecule has 11 nitrogen and oxygen atoms in total. The third-order valence-corrected chi connectivity index (χ3v) is 9.56. The molecule has 2 aliphatic heterocycles. The zero-order valence-corrected chi connectivity index (χ0v) is 21.8. The Labute approximate surface area is 218 Å². The Morgan fingerprint density at radius 1 is 1.21 bits per heavy atom. The number of fused-ring (bicyclic) bond motifs is 6. The summed E-state index contributed by atoms with van der Waals surface area (Å²) in [4.78, 5) is 19.2. The third-order valence-electron chi connectivity index (χ3n) is 7.66. The van der Waals surface area contributed by atoms with Crippen LogP contribution in [0.1, 0.15) is 24.8 Å². The smallest absolute Gasteiger partial charge is 0.288 e. The number of amidine groups is 1. The van der Waals surface area contributed by atoms with Crippen LogP contribution in [0.4, 0.5) is 15.9 Å². The summed E-state index contributed by atoms with van der Waals surface area (Å²) in [6.45, 7) is 0.162. The quantitative estimate of drug-likeness (QED) is 0.502. The average molecular weight is 562 g/mol. The second-order valence-corrected chi connectivity index (χ2v) is 13.5. The van der Waals surface area contributed by atoms with Crippen LogP contribution in [0, 0.1) is 23.6 Å². The second-order valence-electron chi connectivity index (χ2n) is 10.2. The van der Waals surface area contributed by atoms with Crippen LogP contribution in [0.3, 0.4) is 0 Å². The summed E-state index contributed by atoms with van der Waals surface area (Å²) in [5, 5.41) is 14.1. The van der Waals surface area contributed by atoms with Gasteiger partial charge in [-0.05, 0) is 54.9 Å². The molecule has 3 N–H and O–H groups in total. The molecule has 2 aliphatic carbocycles. The molecular formula is C24H24FN5O6S2. The van der Waals surface area contributed by atoms with Crippen molar-refractivity contribution in [3.8, 4) is 0 Å². The first-order valence-electron chi connectivity index (χ1n) is 12.0. The first-order chi connectivity index (χ1) is 17.9. The van der Waals surface area contributed by atoms with Gasteiger partial charge in [0.25, 0.3) is 15.9 Å². The maximum atomic E-state index is 13.9. The summed E-state index contributed by atoms with van der Waals surface area (Å²) in [5.41, 5.74) is 0.391. The molecule has 0 unspecified atom stereocenters. The summed E-state index contributed by atoms with van der Waals surface area (Å²) >= 11 is 0. The topological polar surface area (TPSA) is 158 Å². The Balaban J connectivity index is 1.41. The molecule has 0 saturated heterocycles. The van der Waals surface area contributed by atoms with Crippen molar-refractivity contribution in [2.45, 2.75) is 36.7 Å². The number of aromatic nitrogens is 1. The predicted octanol–water partition coefficient (Wildman–Crippen LogP) is 2.37. The summed E-state index contributed by atoms with van der Waals surface area (Å²) < 4.78 is 68.8. The molecule has 1 aromatic heterocycles. The van der Waals surface area contributed by atoms with Crippen LogP contribution in [-0.2, 0) is 31.4 Å². The fourth-order valence-corrected chi connectivity index (χ4v) is 7.89. The van der Waals surface area contributed by atoms with Crippen molar-refractivity contribution in [2.24, 2.45) is 22.2 Å². The number of benzene rings is 1. The number of aliphatic hydroxyl groups is 1. The summed E-state index contributed by atoms with van der Waals surface area (Å²) in [7, 11) is -8.09. The van der Waals surface area contributed by atoms with Gasteiger partial charge in [-0.15, -0.1) is 4.40 Å². The fourth-order valence-electron chi connectivity index (χ4n) is 6.25. The van der Waals surface area contributed by atoms with Crippen LogP contribution in [0.15, 0.2) is 57.2 Å². The van der Waals surface area contributed by atoms with Gasteiger partial charge < -0.3 is 15.3 Å². The van der Waals surface area contributed by atoms with Gasteiger partial charge in [-0.3, -0.25) is 9.52 Å². The van der Waals surface area contributed by atoms with E-state index in [0.29, 0.717) is 5.56 Å². The maximum Gasteiger partial charge on any atom is 0.288 e. The number of nitrogens with one attached hydrogen (secondary N) is 2. The largest absolute Gasteiger partial charge is 0.511 e. The number of hydrogen-bond acceptors (Lipinski definition) is 8. The first kappa shape index (κ1) is 24.8. The number of halogens is 1. The highest BCUT2D eigenvalue weighted by Gasteiger charge is 2.57. The van der Waals surface area contributed by atoms with Crippen molar-refractivity contribution < 1.29 is 31.1 Å². The lowest BCUT2D eigenvalue weighted by Gasteiger charge is -2.44. The number of aliphatic hydroxyl groups excluding tert-OH is 1. The fraction of sp³-hybridized carbons (Fsp3) is 0.375. The lowest BCUT2D eigenvalue weighted by atomic mass is 9.77. The Morgan fingerprint density at radius 3 is 2.63 bits per heavy atom.